The van der Waals surface area contributed by atoms with Crippen LogP contribution in [-0.2, 0) is 9.59 Å². The first-order valence-electron chi connectivity index (χ1n) is 5.14. The highest BCUT2D eigenvalue weighted by Gasteiger charge is 2.26. The van der Waals surface area contributed by atoms with Gasteiger partial charge in [0.15, 0.2) is 0 Å². The number of aliphatic carboxylic acids is 1. The molecule has 0 aromatic rings. The van der Waals surface area contributed by atoms with Crippen LogP contribution in [0.25, 0.3) is 0 Å². The van der Waals surface area contributed by atoms with Crippen molar-refractivity contribution in [1.29, 1.82) is 0 Å². The summed E-state index contributed by atoms with van der Waals surface area (Å²) < 4.78 is 0. The number of nitrogens with one attached hydrogen (secondary N) is 1. The number of nitrogens with two attached hydrogens (primary N) is 1. The molecule has 4 N–H and O–H groups in total. The molecule has 7 nitrogen and oxygen atoms in total. The van der Waals surface area contributed by atoms with Crippen LogP contribution >= 0.6 is 0 Å². The summed E-state index contributed by atoms with van der Waals surface area (Å²) in [7, 11) is 0. The van der Waals surface area contributed by atoms with Crippen LogP contribution < -0.4 is 20.8 Å². The van der Waals surface area contributed by atoms with Crippen molar-refractivity contribution in [2.24, 2.45) is 5.92 Å². The zero-order valence-electron chi connectivity index (χ0n) is 8.72. The van der Waals surface area contributed by atoms with Crippen LogP contribution in [-0.4, -0.2) is 48.8 Å². The van der Waals surface area contributed by atoms with Crippen molar-refractivity contribution in [2.45, 2.75) is 18.6 Å². The fourth-order valence-electron chi connectivity index (χ4n) is 1.68. The van der Waals surface area contributed by atoms with Gasteiger partial charge in [-0.15, -0.1) is 0 Å². The Kier molecular flexibility index (Phi) is 4.66. The monoisotopic (exact) mass is 231 g/mol. The highest BCUT2D eigenvalue weighted by Crippen LogP contribution is 2.06. The van der Waals surface area contributed by atoms with Crippen molar-refractivity contribution in [3.63, 3.8) is 0 Å². The third-order valence-corrected chi connectivity index (χ3v) is 2.58. The minimum absolute atomic E-state index is 0.202. The van der Waals surface area contributed by atoms with Crippen molar-refractivity contribution < 1.29 is 30.2 Å². The number of amides is 1. The molecular formula is C9H15N2O5-. The van der Waals surface area contributed by atoms with E-state index in [-0.39, 0.29) is 6.42 Å². The first-order valence-corrected chi connectivity index (χ1v) is 5.14. The molecule has 1 aliphatic heterocycles. The van der Waals surface area contributed by atoms with E-state index < -0.39 is 36.5 Å². The lowest BCUT2D eigenvalue weighted by Gasteiger charge is -2.31. The molecule has 2 unspecified atom stereocenters. The minimum atomic E-state index is -1.53. The van der Waals surface area contributed by atoms with Gasteiger partial charge in [0.25, 0.3) is 0 Å². The summed E-state index contributed by atoms with van der Waals surface area (Å²) in [5, 5.41) is 34.2. The average Bonchev–Trinajstić information content (AvgIpc) is 2.25. The SMILES string of the molecule is O=C(N[C@H](CO)C(=O)[O-])C1C[NH2+]CC([O-])C1. The Balaban J connectivity index is 2.47. The van der Waals surface area contributed by atoms with Gasteiger partial charge in [0, 0.05) is 0 Å². The van der Waals surface area contributed by atoms with Crippen LogP contribution in [0.3, 0.4) is 0 Å². The summed E-state index contributed by atoms with van der Waals surface area (Å²) in [4.78, 5) is 22.0. The second-order valence-electron chi connectivity index (χ2n) is 3.88. The highest BCUT2D eigenvalue weighted by molar-refractivity contribution is 5.84. The number of carbonyl (C=O) groups is 2. The van der Waals surface area contributed by atoms with Gasteiger partial charge in [-0.1, -0.05) is 6.10 Å². The van der Waals surface area contributed by atoms with E-state index in [0.717, 1.165) is 0 Å². The lowest BCUT2D eigenvalue weighted by Crippen LogP contribution is -2.91. The van der Waals surface area contributed by atoms with Gasteiger partial charge in [-0.2, -0.15) is 0 Å². The maximum absolute atomic E-state index is 11.5. The largest absolute Gasteiger partial charge is 0.848 e. The number of rotatable bonds is 4. The molecule has 7 heteroatoms. The second kappa shape index (κ2) is 5.78. The smallest absolute Gasteiger partial charge is 0.229 e. The summed E-state index contributed by atoms with van der Waals surface area (Å²) in [5.74, 6) is -2.54. The number of hydrogen-bond acceptors (Lipinski definition) is 5. The predicted octanol–water partition coefficient (Wildman–Crippen LogP) is -5.47. The predicted molar refractivity (Wildman–Crippen MR) is 47.6 cm³/mol. The fraction of sp³-hybridized carbons (Fsp3) is 0.778. The van der Waals surface area contributed by atoms with E-state index in [1.165, 1.54) is 0 Å². The third-order valence-electron chi connectivity index (χ3n) is 2.58. The molecule has 0 bridgehead atoms. The number of carboxylic acid groups (broad SMARTS) is 1. The zero-order chi connectivity index (χ0) is 12.1. The fourth-order valence-corrected chi connectivity index (χ4v) is 1.68. The van der Waals surface area contributed by atoms with Gasteiger partial charge in [0.1, 0.15) is 0 Å². The van der Waals surface area contributed by atoms with Crippen LogP contribution in [0.5, 0.6) is 0 Å². The van der Waals surface area contributed by atoms with E-state index >= 15 is 0 Å². The van der Waals surface area contributed by atoms with E-state index in [0.29, 0.717) is 13.1 Å². The van der Waals surface area contributed by atoms with E-state index in [1.54, 1.807) is 5.32 Å². The molecule has 16 heavy (non-hydrogen) atoms. The molecule has 92 valence electrons. The summed E-state index contributed by atoms with van der Waals surface area (Å²) in [6, 6.07) is -1.40. The minimum Gasteiger partial charge on any atom is -0.848 e. The molecule has 0 aromatic carbocycles. The zero-order valence-corrected chi connectivity index (χ0v) is 8.72. The Morgan fingerprint density at radius 1 is 1.50 bits per heavy atom. The highest BCUT2D eigenvalue weighted by atomic mass is 16.4. The Bertz CT molecular complexity index is 271. The van der Waals surface area contributed by atoms with Crippen LogP contribution in [0.1, 0.15) is 6.42 Å². The van der Waals surface area contributed by atoms with Crippen molar-refractivity contribution in [2.75, 3.05) is 19.7 Å². The van der Waals surface area contributed by atoms with Gasteiger partial charge in [-0.3, -0.25) is 4.79 Å². The number of aliphatic hydroxyl groups excluding tert-OH is 1. The topological polar surface area (TPSA) is 129 Å². The van der Waals surface area contributed by atoms with Gasteiger partial charge in [-0.25, -0.2) is 0 Å². The second-order valence-corrected chi connectivity index (χ2v) is 3.88. The van der Waals surface area contributed by atoms with E-state index in [1.807, 2.05) is 0 Å². The molecule has 1 amide bonds. The van der Waals surface area contributed by atoms with Gasteiger partial charge in [-0.05, 0) is 6.42 Å². The standard InChI is InChI=1S/C9H15N2O5/c12-4-7(9(15)16)11-8(14)5-1-6(13)3-10-2-5/h5-7,10,12H,1-4H2,(H,11,14)(H,15,16)/q-1/t5?,6?,7-/m1/s1. The molecular weight excluding hydrogens is 216 g/mol. The number of quaternary nitrogens is 1. The number of aliphatic hydroxyl groups is 1. The number of carboxylic acids is 1. The van der Waals surface area contributed by atoms with Crippen LogP contribution in [0.2, 0.25) is 0 Å². The molecule has 0 saturated carbocycles. The van der Waals surface area contributed by atoms with E-state index in [4.69, 9.17) is 5.11 Å². The molecule has 1 aliphatic rings. The number of piperidine rings is 1. The summed E-state index contributed by atoms with van der Waals surface area (Å²) in [5.41, 5.74) is 0. The van der Waals surface area contributed by atoms with E-state index in [2.05, 4.69) is 5.32 Å². The lowest BCUT2D eigenvalue weighted by atomic mass is 9.96. The maximum atomic E-state index is 11.5. The Labute approximate surface area is 92.5 Å². The van der Waals surface area contributed by atoms with Crippen molar-refractivity contribution in [1.82, 2.24) is 5.32 Å². The molecule has 0 spiro atoms. The Morgan fingerprint density at radius 2 is 2.19 bits per heavy atom. The van der Waals surface area contributed by atoms with Gasteiger partial charge in [0.2, 0.25) is 5.91 Å². The molecule has 0 radical (unpaired) electrons. The quantitative estimate of drug-likeness (QED) is 0.444. The van der Waals surface area contributed by atoms with Gasteiger partial charge in [0.05, 0.1) is 37.6 Å². The van der Waals surface area contributed by atoms with Crippen LogP contribution in [0.4, 0.5) is 0 Å². The Hall–Kier alpha value is -1.18. The van der Waals surface area contributed by atoms with Crippen LogP contribution in [0.15, 0.2) is 0 Å². The van der Waals surface area contributed by atoms with Crippen LogP contribution in [0, 0.1) is 5.92 Å². The van der Waals surface area contributed by atoms with Gasteiger partial charge >= 0.3 is 0 Å². The molecule has 1 heterocycles. The lowest BCUT2D eigenvalue weighted by molar-refractivity contribution is -0.696. The normalized spacial score (nSPS) is 27.1. The van der Waals surface area contributed by atoms with E-state index in [9.17, 15) is 19.8 Å². The van der Waals surface area contributed by atoms with Crippen molar-refractivity contribution >= 4 is 11.9 Å². The van der Waals surface area contributed by atoms with Crippen molar-refractivity contribution in [3.8, 4) is 0 Å². The maximum Gasteiger partial charge on any atom is 0.229 e. The molecule has 1 fully saturated rings. The molecule has 0 aliphatic carbocycles. The molecule has 3 atom stereocenters. The van der Waals surface area contributed by atoms with Crippen molar-refractivity contribution in [3.05, 3.63) is 0 Å². The van der Waals surface area contributed by atoms with Gasteiger partial charge < -0.3 is 30.7 Å². The Morgan fingerprint density at radius 3 is 2.69 bits per heavy atom. The first kappa shape index (κ1) is 12.9. The molecule has 0 aromatic heterocycles. The molecule has 1 rings (SSSR count). The third kappa shape index (κ3) is 3.44. The summed E-state index contributed by atoms with van der Waals surface area (Å²) >= 11 is 0. The number of hydrogen-bond donors (Lipinski definition) is 3. The number of carbonyl (C=O) groups excluding carboxylic acids is 2. The average molecular weight is 231 g/mol. The first-order chi connectivity index (χ1) is 7.54. The summed E-state index contributed by atoms with van der Waals surface area (Å²) in [6.07, 6.45) is -0.604. The summed E-state index contributed by atoms with van der Waals surface area (Å²) in [6.45, 7) is 0.189. The molecule has 1 saturated heterocycles.